The van der Waals surface area contributed by atoms with E-state index in [1.165, 1.54) is 0 Å². The Balaban J connectivity index is 1.52. The number of benzene rings is 1. The van der Waals surface area contributed by atoms with Crippen molar-refractivity contribution in [3.8, 4) is 17.3 Å². The van der Waals surface area contributed by atoms with E-state index in [-0.39, 0.29) is 11.9 Å². The molecule has 0 radical (unpaired) electrons. The second kappa shape index (κ2) is 7.11. The Bertz CT molecular complexity index is 969. The number of carbonyl (C=O) groups is 1. The molecule has 1 amide bonds. The molecule has 1 aromatic carbocycles. The molecule has 27 heavy (non-hydrogen) atoms. The molecule has 7 heteroatoms. The first-order valence-corrected chi connectivity index (χ1v) is 8.80. The lowest BCUT2D eigenvalue weighted by atomic mass is 10.1. The van der Waals surface area contributed by atoms with E-state index in [1.54, 1.807) is 35.3 Å². The van der Waals surface area contributed by atoms with Crippen molar-refractivity contribution in [3.05, 3.63) is 65.6 Å². The Morgan fingerprint density at radius 1 is 1.19 bits per heavy atom. The van der Waals surface area contributed by atoms with Crippen LogP contribution in [-0.4, -0.2) is 33.9 Å². The number of aromatic nitrogens is 3. The van der Waals surface area contributed by atoms with Crippen molar-refractivity contribution < 1.29 is 14.3 Å². The van der Waals surface area contributed by atoms with Gasteiger partial charge in [0.1, 0.15) is 13.2 Å². The van der Waals surface area contributed by atoms with Crippen molar-refractivity contribution in [3.63, 3.8) is 0 Å². The summed E-state index contributed by atoms with van der Waals surface area (Å²) in [4.78, 5) is 17.0. The second-order valence-electron chi connectivity index (χ2n) is 6.34. The molecule has 138 valence electrons. The molecule has 1 aliphatic rings. The number of nitrogens with one attached hydrogen (secondary N) is 1. The van der Waals surface area contributed by atoms with Crippen LogP contribution in [0.2, 0.25) is 0 Å². The van der Waals surface area contributed by atoms with Crippen molar-refractivity contribution in [2.45, 2.75) is 19.9 Å². The lowest BCUT2D eigenvalue weighted by molar-refractivity contribution is 0.0938. The third-order valence-electron chi connectivity index (χ3n) is 4.53. The van der Waals surface area contributed by atoms with E-state index in [4.69, 9.17) is 9.47 Å². The lowest BCUT2D eigenvalue weighted by Crippen LogP contribution is -2.27. The first kappa shape index (κ1) is 17.1. The summed E-state index contributed by atoms with van der Waals surface area (Å²) >= 11 is 0. The molecule has 0 fully saturated rings. The van der Waals surface area contributed by atoms with E-state index in [1.807, 2.05) is 32.0 Å². The van der Waals surface area contributed by atoms with Crippen molar-refractivity contribution in [2.75, 3.05) is 13.2 Å². The van der Waals surface area contributed by atoms with Crippen molar-refractivity contribution >= 4 is 5.91 Å². The molecule has 1 atom stereocenters. The van der Waals surface area contributed by atoms with Crippen molar-refractivity contribution in [1.82, 2.24) is 20.1 Å². The summed E-state index contributed by atoms with van der Waals surface area (Å²) in [6, 6.07) is 10.7. The zero-order chi connectivity index (χ0) is 18.8. The summed E-state index contributed by atoms with van der Waals surface area (Å²) in [5.74, 6) is 1.83. The van der Waals surface area contributed by atoms with Gasteiger partial charge in [0.15, 0.2) is 17.3 Å². The van der Waals surface area contributed by atoms with Gasteiger partial charge in [-0.1, -0.05) is 6.07 Å². The molecule has 3 heterocycles. The Morgan fingerprint density at radius 2 is 2.00 bits per heavy atom. The first-order chi connectivity index (χ1) is 13.1. The molecule has 7 nitrogen and oxygen atoms in total. The molecule has 3 aromatic rings. The smallest absolute Gasteiger partial charge is 0.251 e. The average molecular weight is 364 g/mol. The maximum atomic E-state index is 12.7. The maximum absolute atomic E-state index is 12.7. The minimum atomic E-state index is -0.205. The third-order valence-corrected chi connectivity index (χ3v) is 4.53. The molecule has 0 saturated heterocycles. The Kier molecular flexibility index (Phi) is 4.50. The molecule has 1 aliphatic heterocycles. The molecular weight excluding hydrogens is 344 g/mol. The highest BCUT2D eigenvalue weighted by Gasteiger charge is 2.19. The fourth-order valence-electron chi connectivity index (χ4n) is 3.10. The SMILES string of the molecule is Cc1c([C@@H](C)NC(=O)c2ccc3c(c2)OCCO3)cnn1-c1ccccn1. The van der Waals surface area contributed by atoms with Gasteiger partial charge in [-0.2, -0.15) is 5.10 Å². The molecular formula is C20H20N4O3. The predicted octanol–water partition coefficient (Wildman–Crippen LogP) is 2.84. The molecule has 0 aliphatic carbocycles. The molecule has 0 bridgehead atoms. The zero-order valence-electron chi connectivity index (χ0n) is 15.2. The van der Waals surface area contributed by atoms with Crippen LogP contribution in [0.15, 0.2) is 48.8 Å². The van der Waals surface area contributed by atoms with Gasteiger partial charge in [-0.05, 0) is 44.2 Å². The number of rotatable bonds is 4. The van der Waals surface area contributed by atoms with Crippen LogP contribution in [-0.2, 0) is 0 Å². The van der Waals surface area contributed by atoms with Gasteiger partial charge in [0.05, 0.1) is 12.2 Å². The van der Waals surface area contributed by atoms with Crippen LogP contribution >= 0.6 is 0 Å². The highest BCUT2D eigenvalue weighted by Crippen LogP contribution is 2.31. The number of hydrogen-bond acceptors (Lipinski definition) is 5. The van der Waals surface area contributed by atoms with Crippen molar-refractivity contribution in [1.29, 1.82) is 0 Å². The molecule has 0 spiro atoms. The summed E-state index contributed by atoms with van der Waals surface area (Å²) in [5, 5.41) is 7.43. The summed E-state index contributed by atoms with van der Waals surface area (Å²) in [6.45, 7) is 4.90. The van der Waals surface area contributed by atoms with Gasteiger partial charge in [-0.15, -0.1) is 0 Å². The van der Waals surface area contributed by atoms with E-state index in [0.29, 0.717) is 30.3 Å². The highest BCUT2D eigenvalue weighted by atomic mass is 16.6. The van der Waals surface area contributed by atoms with E-state index < -0.39 is 0 Å². The highest BCUT2D eigenvalue weighted by molar-refractivity contribution is 5.95. The van der Waals surface area contributed by atoms with Gasteiger partial charge < -0.3 is 14.8 Å². The van der Waals surface area contributed by atoms with Gasteiger partial charge in [-0.3, -0.25) is 4.79 Å². The molecule has 1 N–H and O–H groups in total. The van der Waals surface area contributed by atoms with Crippen LogP contribution in [0.1, 0.15) is 34.6 Å². The maximum Gasteiger partial charge on any atom is 0.251 e. The fraction of sp³-hybridized carbons (Fsp3) is 0.250. The van der Waals surface area contributed by atoms with E-state index in [2.05, 4.69) is 15.4 Å². The normalized spacial score (nSPS) is 13.9. The number of nitrogens with zero attached hydrogens (tertiary/aromatic N) is 3. The summed E-state index contributed by atoms with van der Waals surface area (Å²) in [7, 11) is 0. The number of pyridine rings is 1. The van der Waals surface area contributed by atoms with Gasteiger partial charge >= 0.3 is 0 Å². The fourth-order valence-corrected chi connectivity index (χ4v) is 3.10. The Hall–Kier alpha value is -3.35. The van der Waals surface area contributed by atoms with Crippen LogP contribution in [0, 0.1) is 6.92 Å². The van der Waals surface area contributed by atoms with Gasteiger partial charge in [0, 0.05) is 23.0 Å². The van der Waals surface area contributed by atoms with Gasteiger partial charge in [0.2, 0.25) is 0 Å². The number of carbonyl (C=O) groups excluding carboxylic acids is 1. The quantitative estimate of drug-likeness (QED) is 0.770. The molecule has 4 rings (SSSR count). The lowest BCUT2D eigenvalue weighted by Gasteiger charge is -2.19. The largest absolute Gasteiger partial charge is 0.486 e. The number of ether oxygens (including phenoxy) is 2. The average Bonchev–Trinajstić information content (AvgIpc) is 3.09. The van der Waals surface area contributed by atoms with Crippen LogP contribution in [0.3, 0.4) is 0 Å². The van der Waals surface area contributed by atoms with Crippen LogP contribution < -0.4 is 14.8 Å². The molecule has 0 unspecified atom stereocenters. The molecule has 0 saturated carbocycles. The van der Waals surface area contributed by atoms with Crippen LogP contribution in [0.5, 0.6) is 11.5 Å². The molecule has 2 aromatic heterocycles. The van der Waals surface area contributed by atoms with Crippen LogP contribution in [0.4, 0.5) is 0 Å². The minimum absolute atomic E-state index is 0.176. The summed E-state index contributed by atoms with van der Waals surface area (Å²) < 4.78 is 12.8. The van der Waals surface area contributed by atoms with E-state index in [9.17, 15) is 4.79 Å². The predicted molar refractivity (Wildman–Crippen MR) is 99.4 cm³/mol. The van der Waals surface area contributed by atoms with Crippen molar-refractivity contribution in [2.24, 2.45) is 0 Å². The van der Waals surface area contributed by atoms with E-state index >= 15 is 0 Å². The topological polar surface area (TPSA) is 78.3 Å². The van der Waals surface area contributed by atoms with Gasteiger partial charge in [-0.25, -0.2) is 9.67 Å². The number of amides is 1. The number of fused-ring (bicyclic) bond motifs is 1. The zero-order valence-corrected chi connectivity index (χ0v) is 15.2. The number of hydrogen-bond donors (Lipinski definition) is 1. The van der Waals surface area contributed by atoms with E-state index in [0.717, 1.165) is 17.1 Å². The summed E-state index contributed by atoms with van der Waals surface area (Å²) in [5.41, 5.74) is 2.40. The third kappa shape index (κ3) is 3.36. The first-order valence-electron chi connectivity index (χ1n) is 8.80. The Labute approximate surface area is 156 Å². The summed E-state index contributed by atoms with van der Waals surface area (Å²) in [6.07, 6.45) is 3.49. The second-order valence-corrected chi connectivity index (χ2v) is 6.34. The minimum Gasteiger partial charge on any atom is -0.486 e. The monoisotopic (exact) mass is 364 g/mol. The standard InChI is InChI=1S/C20H20N4O3/c1-13(16-12-22-24(14(16)2)19-5-3-4-8-21-19)23-20(25)15-6-7-17-18(11-15)27-10-9-26-17/h3-8,11-13H,9-10H2,1-2H3,(H,23,25)/t13-/m1/s1. The van der Waals surface area contributed by atoms with Crippen LogP contribution in [0.25, 0.3) is 5.82 Å². The Morgan fingerprint density at radius 3 is 2.78 bits per heavy atom. The van der Waals surface area contributed by atoms with Gasteiger partial charge in [0.25, 0.3) is 5.91 Å².